The molecule has 1 heterocycles. The number of hydrogen-bond donors (Lipinski definition) is 2. The van der Waals surface area contributed by atoms with E-state index in [4.69, 9.17) is 5.73 Å². The number of aromatic nitrogens is 2. The molecule has 4 aromatic rings. The fourth-order valence-electron chi connectivity index (χ4n) is 3.22. The molecule has 11 heteroatoms. The normalized spacial score (nSPS) is 12.0. The molecule has 0 aliphatic heterocycles. The van der Waals surface area contributed by atoms with Gasteiger partial charge < -0.3 is 11.1 Å². The molecule has 7 nitrogen and oxygen atoms in total. The fourth-order valence-corrected chi connectivity index (χ4v) is 4.45. The molecular weight excluding hydrogens is 457 g/mol. The zero-order chi connectivity index (χ0) is 23.8. The van der Waals surface area contributed by atoms with Crippen molar-refractivity contribution >= 4 is 38.0 Å². The average Bonchev–Trinajstić information content (AvgIpc) is 2.78. The van der Waals surface area contributed by atoms with E-state index in [9.17, 15) is 26.4 Å². The van der Waals surface area contributed by atoms with Gasteiger partial charge in [-0.05, 0) is 47.2 Å². The highest BCUT2D eigenvalue weighted by Gasteiger charge is 2.30. The summed E-state index contributed by atoms with van der Waals surface area (Å²) in [6.07, 6.45) is -3.50. The van der Waals surface area contributed by atoms with E-state index in [0.29, 0.717) is 10.8 Å². The predicted octanol–water partition coefficient (Wildman–Crippen LogP) is 4.32. The lowest BCUT2D eigenvalue weighted by Gasteiger charge is -2.12. The number of amides is 1. The molecule has 1 amide bonds. The second-order valence-electron chi connectivity index (χ2n) is 7.01. The van der Waals surface area contributed by atoms with Crippen LogP contribution in [0, 0.1) is 0 Å². The van der Waals surface area contributed by atoms with Gasteiger partial charge in [0.05, 0.1) is 10.5 Å². The van der Waals surface area contributed by atoms with Gasteiger partial charge in [0.25, 0.3) is 5.91 Å². The molecule has 0 bridgehead atoms. The molecule has 3 N–H and O–H groups in total. The number of nitrogens with two attached hydrogens (primary N) is 1. The van der Waals surface area contributed by atoms with E-state index in [2.05, 4.69) is 15.3 Å². The zero-order valence-corrected chi connectivity index (χ0v) is 17.5. The summed E-state index contributed by atoms with van der Waals surface area (Å²) < 4.78 is 64.6. The average molecular weight is 472 g/mol. The van der Waals surface area contributed by atoms with Crippen LogP contribution in [0.5, 0.6) is 0 Å². The number of carbonyl (C=O) groups is 1. The molecule has 0 saturated carbocycles. The summed E-state index contributed by atoms with van der Waals surface area (Å²) >= 11 is 0. The number of anilines is 2. The highest BCUT2D eigenvalue weighted by Crippen LogP contribution is 2.31. The Labute approximate surface area is 186 Å². The lowest BCUT2D eigenvalue weighted by atomic mass is 10.0. The van der Waals surface area contributed by atoms with Crippen LogP contribution >= 0.6 is 0 Å². The largest absolute Gasteiger partial charge is 0.416 e. The molecule has 0 unspecified atom stereocenters. The number of alkyl halides is 3. The van der Waals surface area contributed by atoms with Crippen molar-refractivity contribution in [1.82, 2.24) is 9.97 Å². The third kappa shape index (κ3) is 4.48. The summed E-state index contributed by atoms with van der Waals surface area (Å²) in [5.41, 5.74) is 4.81. The van der Waals surface area contributed by atoms with Crippen molar-refractivity contribution in [3.8, 4) is 0 Å². The number of rotatable bonds is 4. The van der Waals surface area contributed by atoms with Gasteiger partial charge in [-0.1, -0.05) is 24.3 Å². The summed E-state index contributed by atoms with van der Waals surface area (Å²) in [6.45, 7) is 0. The summed E-state index contributed by atoms with van der Waals surface area (Å²) in [6, 6.07) is 14.2. The number of fused-ring (bicyclic) bond motifs is 1. The lowest BCUT2D eigenvalue weighted by Crippen LogP contribution is -2.13. The van der Waals surface area contributed by atoms with E-state index in [-0.39, 0.29) is 27.0 Å². The maximum Gasteiger partial charge on any atom is 0.416 e. The molecule has 0 aliphatic rings. The maximum atomic E-state index is 12.9. The van der Waals surface area contributed by atoms with Crippen molar-refractivity contribution in [2.75, 3.05) is 11.1 Å². The van der Waals surface area contributed by atoms with Crippen LogP contribution in [0.3, 0.4) is 0 Å². The minimum atomic E-state index is -4.55. The SMILES string of the molecule is Nc1cc(S(=O)(=O)c2ccc3c(C(=O)Nc4cccc(C(F)(F)F)c4)cccc3c2)ncn1. The van der Waals surface area contributed by atoms with Gasteiger partial charge in [0, 0.05) is 17.3 Å². The predicted molar refractivity (Wildman–Crippen MR) is 115 cm³/mol. The van der Waals surface area contributed by atoms with Crippen LogP contribution in [0.15, 0.2) is 83.0 Å². The van der Waals surface area contributed by atoms with Crippen LogP contribution < -0.4 is 11.1 Å². The first kappa shape index (κ1) is 22.2. The first-order chi connectivity index (χ1) is 15.6. The van der Waals surface area contributed by atoms with E-state index in [0.717, 1.165) is 24.5 Å². The van der Waals surface area contributed by atoms with Crippen LogP contribution in [-0.4, -0.2) is 24.3 Å². The molecule has 0 spiro atoms. The van der Waals surface area contributed by atoms with Crippen molar-refractivity contribution in [3.05, 3.63) is 84.2 Å². The summed E-state index contributed by atoms with van der Waals surface area (Å²) in [4.78, 5) is 20.2. The molecule has 3 aromatic carbocycles. The first-order valence-electron chi connectivity index (χ1n) is 9.40. The molecule has 0 atom stereocenters. The van der Waals surface area contributed by atoms with Gasteiger partial charge in [-0.15, -0.1) is 0 Å². The number of carbonyl (C=O) groups excluding carboxylic acids is 1. The molecule has 0 fully saturated rings. The van der Waals surface area contributed by atoms with Crippen LogP contribution in [0.25, 0.3) is 10.8 Å². The standard InChI is InChI=1S/C22H15F3N4O3S/c23-22(24,25)14-4-2-5-15(10-14)29-21(30)18-6-1-3-13-9-16(7-8-17(13)18)33(31,32)20-11-19(26)27-12-28-20/h1-12H,(H,29,30)(H2,26,27,28). The molecule has 1 aromatic heterocycles. The van der Waals surface area contributed by atoms with E-state index >= 15 is 0 Å². The van der Waals surface area contributed by atoms with Gasteiger partial charge in [-0.25, -0.2) is 18.4 Å². The molecule has 0 saturated heterocycles. The Morgan fingerprint density at radius 3 is 2.42 bits per heavy atom. The van der Waals surface area contributed by atoms with E-state index in [1.54, 1.807) is 12.1 Å². The van der Waals surface area contributed by atoms with Crippen LogP contribution in [0.1, 0.15) is 15.9 Å². The quantitative estimate of drug-likeness (QED) is 0.428. The third-order valence-electron chi connectivity index (χ3n) is 4.79. The molecular formula is C22H15F3N4O3S. The van der Waals surface area contributed by atoms with Crippen molar-refractivity contribution in [2.24, 2.45) is 0 Å². The Hall–Kier alpha value is -3.99. The number of halogens is 3. The molecule has 0 aliphatic carbocycles. The highest BCUT2D eigenvalue weighted by molar-refractivity contribution is 7.91. The topological polar surface area (TPSA) is 115 Å². The lowest BCUT2D eigenvalue weighted by molar-refractivity contribution is -0.137. The van der Waals surface area contributed by atoms with E-state index in [1.165, 1.54) is 36.4 Å². The van der Waals surface area contributed by atoms with E-state index in [1.807, 2.05) is 0 Å². The highest BCUT2D eigenvalue weighted by atomic mass is 32.2. The Balaban J connectivity index is 1.69. The van der Waals surface area contributed by atoms with E-state index < -0.39 is 27.5 Å². The fraction of sp³-hybridized carbons (Fsp3) is 0.0455. The molecule has 33 heavy (non-hydrogen) atoms. The smallest absolute Gasteiger partial charge is 0.384 e. The minimum absolute atomic E-state index is 0.00193. The number of nitrogens with zero attached hydrogens (tertiary/aromatic N) is 2. The Bertz CT molecular complexity index is 1490. The maximum absolute atomic E-state index is 12.9. The van der Waals surface area contributed by atoms with Crippen molar-refractivity contribution < 1.29 is 26.4 Å². The molecule has 4 rings (SSSR count). The number of sulfone groups is 1. The van der Waals surface area contributed by atoms with Crippen LogP contribution in [0.2, 0.25) is 0 Å². The first-order valence-corrected chi connectivity index (χ1v) is 10.9. The summed E-state index contributed by atoms with van der Waals surface area (Å²) in [5, 5.41) is 3.04. The van der Waals surface area contributed by atoms with Gasteiger partial charge in [-0.3, -0.25) is 4.79 Å². The van der Waals surface area contributed by atoms with Crippen molar-refractivity contribution in [2.45, 2.75) is 16.1 Å². The Morgan fingerprint density at radius 2 is 1.70 bits per heavy atom. The van der Waals surface area contributed by atoms with Gasteiger partial charge in [-0.2, -0.15) is 13.2 Å². The van der Waals surface area contributed by atoms with Gasteiger partial charge in [0.2, 0.25) is 9.84 Å². The third-order valence-corrected chi connectivity index (χ3v) is 6.44. The van der Waals surface area contributed by atoms with Gasteiger partial charge in [0.15, 0.2) is 5.03 Å². The Kier molecular flexibility index (Phi) is 5.50. The number of nitrogen functional groups attached to an aromatic ring is 1. The number of nitrogens with one attached hydrogen (secondary N) is 1. The molecule has 168 valence electrons. The summed E-state index contributed by atoms with van der Waals surface area (Å²) in [7, 11) is -3.99. The van der Waals surface area contributed by atoms with Crippen molar-refractivity contribution in [3.63, 3.8) is 0 Å². The number of hydrogen-bond acceptors (Lipinski definition) is 6. The second kappa shape index (κ2) is 8.17. The van der Waals surface area contributed by atoms with Crippen molar-refractivity contribution in [1.29, 1.82) is 0 Å². The van der Waals surface area contributed by atoms with Gasteiger partial charge >= 0.3 is 6.18 Å². The minimum Gasteiger partial charge on any atom is -0.384 e. The van der Waals surface area contributed by atoms with Crippen LogP contribution in [0.4, 0.5) is 24.7 Å². The second-order valence-corrected chi connectivity index (χ2v) is 8.90. The monoisotopic (exact) mass is 472 g/mol. The number of benzene rings is 3. The summed E-state index contributed by atoms with van der Waals surface area (Å²) in [5.74, 6) is -0.642. The Morgan fingerprint density at radius 1 is 0.939 bits per heavy atom. The van der Waals surface area contributed by atoms with Crippen LogP contribution in [-0.2, 0) is 16.0 Å². The van der Waals surface area contributed by atoms with Gasteiger partial charge in [0.1, 0.15) is 12.1 Å². The molecule has 0 radical (unpaired) electrons. The zero-order valence-electron chi connectivity index (χ0n) is 16.7.